The molecule has 0 spiro atoms. The lowest BCUT2D eigenvalue weighted by Gasteiger charge is -2.36. The van der Waals surface area contributed by atoms with Crippen molar-refractivity contribution in [2.24, 2.45) is 0 Å². The molecule has 2 aliphatic rings. The Morgan fingerprint density at radius 1 is 1.07 bits per heavy atom. The van der Waals surface area contributed by atoms with E-state index in [2.05, 4.69) is 20.2 Å². The lowest BCUT2D eigenvalue weighted by molar-refractivity contribution is 0.140. The number of carbonyl (C=O) groups is 1. The van der Waals surface area contributed by atoms with Crippen molar-refractivity contribution in [1.29, 1.82) is 0 Å². The van der Waals surface area contributed by atoms with Gasteiger partial charge in [-0.05, 0) is 63.0 Å². The minimum atomic E-state index is -0.128. The van der Waals surface area contributed by atoms with E-state index in [9.17, 15) is 4.79 Å². The molecule has 3 heterocycles. The maximum Gasteiger partial charge on any atom is 0.323 e. The monoisotopic (exact) mass is 382 g/mol. The van der Waals surface area contributed by atoms with Crippen LogP contribution in [0.1, 0.15) is 25.7 Å². The minimum Gasteiger partial charge on any atom is -0.439 e. The SMILES string of the molecule is Nc1ccc(Oc2cc(NC(=O)N3CCC(N4CCCC4)CC3)ncn2)cc1. The third kappa shape index (κ3) is 4.51. The van der Waals surface area contributed by atoms with Gasteiger partial charge in [0.05, 0.1) is 0 Å². The molecule has 1 aromatic carbocycles. The highest BCUT2D eigenvalue weighted by Gasteiger charge is 2.28. The third-order valence-corrected chi connectivity index (χ3v) is 5.39. The first-order valence-electron chi connectivity index (χ1n) is 9.83. The molecule has 0 atom stereocenters. The van der Waals surface area contributed by atoms with E-state index in [-0.39, 0.29) is 6.03 Å². The predicted molar refractivity (Wildman–Crippen MR) is 107 cm³/mol. The highest BCUT2D eigenvalue weighted by atomic mass is 16.5. The topological polar surface area (TPSA) is 96.6 Å². The molecule has 4 rings (SSSR count). The van der Waals surface area contributed by atoms with Crippen molar-refractivity contribution in [2.45, 2.75) is 31.7 Å². The van der Waals surface area contributed by atoms with E-state index in [1.54, 1.807) is 30.3 Å². The maximum atomic E-state index is 12.6. The van der Waals surface area contributed by atoms with Gasteiger partial charge in [-0.25, -0.2) is 14.8 Å². The van der Waals surface area contributed by atoms with E-state index in [4.69, 9.17) is 10.5 Å². The average molecular weight is 382 g/mol. The normalized spacial score (nSPS) is 18.2. The average Bonchev–Trinajstić information content (AvgIpc) is 3.25. The second-order valence-electron chi connectivity index (χ2n) is 7.30. The van der Waals surface area contributed by atoms with Gasteiger partial charge in [0.15, 0.2) is 0 Å². The summed E-state index contributed by atoms with van der Waals surface area (Å²) in [6.45, 7) is 3.95. The number of piperidine rings is 1. The van der Waals surface area contributed by atoms with Gasteiger partial charge < -0.3 is 20.3 Å². The van der Waals surface area contributed by atoms with Crippen LogP contribution >= 0.6 is 0 Å². The smallest absolute Gasteiger partial charge is 0.323 e. The fourth-order valence-corrected chi connectivity index (χ4v) is 3.85. The second kappa shape index (κ2) is 8.43. The van der Waals surface area contributed by atoms with Crippen LogP contribution in [0, 0.1) is 0 Å². The minimum absolute atomic E-state index is 0.128. The van der Waals surface area contributed by atoms with Crippen LogP contribution in [-0.2, 0) is 0 Å². The van der Waals surface area contributed by atoms with Gasteiger partial charge in [-0.1, -0.05) is 0 Å². The van der Waals surface area contributed by atoms with Gasteiger partial charge in [0.25, 0.3) is 0 Å². The highest BCUT2D eigenvalue weighted by Crippen LogP contribution is 2.23. The molecule has 2 amide bonds. The molecular weight excluding hydrogens is 356 g/mol. The van der Waals surface area contributed by atoms with Crippen LogP contribution in [0.25, 0.3) is 0 Å². The number of hydrogen-bond acceptors (Lipinski definition) is 6. The van der Waals surface area contributed by atoms with Crippen molar-refractivity contribution in [3.05, 3.63) is 36.7 Å². The van der Waals surface area contributed by atoms with Crippen LogP contribution in [-0.4, -0.2) is 58.0 Å². The second-order valence-corrected chi connectivity index (χ2v) is 7.30. The lowest BCUT2D eigenvalue weighted by atomic mass is 10.0. The Morgan fingerprint density at radius 2 is 1.79 bits per heavy atom. The number of amides is 2. The fraction of sp³-hybridized carbons (Fsp3) is 0.450. The summed E-state index contributed by atoms with van der Waals surface area (Å²) in [6, 6.07) is 9.14. The van der Waals surface area contributed by atoms with Crippen molar-refractivity contribution < 1.29 is 9.53 Å². The van der Waals surface area contributed by atoms with Crippen LogP contribution in [0.4, 0.5) is 16.3 Å². The quantitative estimate of drug-likeness (QED) is 0.789. The van der Waals surface area contributed by atoms with E-state index in [1.807, 2.05) is 4.90 Å². The molecule has 2 saturated heterocycles. The number of likely N-dealkylation sites (tertiary alicyclic amines) is 2. The Kier molecular flexibility index (Phi) is 5.57. The number of nitrogens with one attached hydrogen (secondary N) is 1. The summed E-state index contributed by atoms with van der Waals surface area (Å²) in [7, 11) is 0. The Hall–Kier alpha value is -2.87. The number of ether oxygens (including phenoxy) is 1. The van der Waals surface area contributed by atoms with Crippen molar-refractivity contribution in [2.75, 3.05) is 37.2 Å². The van der Waals surface area contributed by atoms with Gasteiger partial charge in [-0.3, -0.25) is 5.32 Å². The number of benzene rings is 1. The van der Waals surface area contributed by atoms with Crippen molar-refractivity contribution in [3.63, 3.8) is 0 Å². The zero-order chi connectivity index (χ0) is 19.3. The molecule has 2 fully saturated rings. The summed E-state index contributed by atoms with van der Waals surface area (Å²) in [5.74, 6) is 1.41. The summed E-state index contributed by atoms with van der Waals surface area (Å²) in [5.41, 5.74) is 6.34. The van der Waals surface area contributed by atoms with E-state index < -0.39 is 0 Å². The number of anilines is 2. The van der Waals surface area contributed by atoms with E-state index >= 15 is 0 Å². The molecule has 0 saturated carbocycles. The summed E-state index contributed by atoms with van der Waals surface area (Å²) < 4.78 is 5.70. The molecule has 2 aliphatic heterocycles. The predicted octanol–water partition coefficient (Wildman–Crippen LogP) is 2.94. The third-order valence-electron chi connectivity index (χ3n) is 5.39. The van der Waals surface area contributed by atoms with Gasteiger partial charge in [0.2, 0.25) is 5.88 Å². The van der Waals surface area contributed by atoms with Crippen molar-refractivity contribution in [1.82, 2.24) is 19.8 Å². The Labute approximate surface area is 164 Å². The Morgan fingerprint density at radius 3 is 2.50 bits per heavy atom. The number of nitrogens with zero attached hydrogens (tertiary/aromatic N) is 4. The zero-order valence-corrected chi connectivity index (χ0v) is 15.9. The van der Waals surface area contributed by atoms with Crippen LogP contribution < -0.4 is 15.8 Å². The number of hydrogen-bond donors (Lipinski definition) is 2. The van der Waals surface area contributed by atoms with Gasteiger partial charge in [-0.15, -0.1) is 0 Å². The van der Waals surface area contributed by atoms with Crippen molar-refractivity contribution in [3.8, 4) is 11.6 Å². The largest absolute Gasteiger partial charge is 0.439 e. The Bertz CT molecular complexity index is 799. The number of aromatic nitrogens is 2. The van der Waals surface area contributed by atoms with Crippen LogP contribution in [0.3, 0.4) is 0 Å². The number of urea groups is 1. The van der Waals surface area contributed by atoms with E-state index in [0.29, 0.717) is 29.2 Å². The molecular formula is C20H26N6O2. The van der Waals surface area contributed by atoms with Gasteiger partial charge in [0, 0.05) is 30.9 Å². The van der Waals surface area contributed by atoms with Gasteiger partial charge >= 0.3 is 6.03 Å². The maximum absolute atomic E-state index is 12.6. The number of rotatable bonds is 4. The highest BCUT2D eigenvalue weighted by molar-refractivity contribution is 5.88. The number of nitrogen functional groups attached to an aromatic ring is 1. The molecule has 8 heteroatoms. The number of nitrogens with two attached hydrogens (primary N) is 1. The molecule has 0 radical (unpaired) electrons. The summed E-state index contributed by atoms with van der Waals surface area (Å²) in [4.78, 5) is 25.2. The first kappa shape index (κ1) is 18.5. The number of carbonyl (C=O) groups excluding carboxylic acids is 1. The standard InChI is InChI=1S/C20H26N6O2/c21-15-3-5-17(6-4-15)28-19-13-18(22-14-23-19)24-20(27)26-11-7-16(8-12-26)25-9-1-2-10-25/h3-6,13-14,16H,1-2,7-12,21H2,(H,22,23,24,27). The first-order valence-corrected chi connectivity index (χ1v) is 9.83. The Balaban J connectivity index is 1.31. The van der Waals surface area contributed by atoms with Gasteiger partial charge in [-0.2, -0.15) is 0 Å². The first-order chi connectivity index (χ1) is 13.7. The molecule has 0 bridgehead atoms. The zero-order valence-electron chi connectivity index (χ0n) is 15.9. The molecule has 1 aromatic heterocycles. The summed E-state index contributed by atoms with van der Waals surface area (Å²) >= 11 is 0. The molecule has 3 N–H and O–H groups in total. The molecule has 2 aromatic rings. The fourth-order valence-electron chi connectivity index (χ4n) is 3.85. The van der Waals surface area contributed by atoms with Crippen molar-refractivity contribution >= 4 is 17.5 Å². The van der Waals surface area contributed by atoms with E-state index in [1.165, 1.54) is 32.3 Å². The molecule has 28 heavy (non-hydrogen) atoms. The van der Waals surface area contributed by atoms with Gasteiger partial charge in [0.1, 0.15) is 17.9 Å². The summed E-state index contributed by atoms with van der Waals surface area (Å²) in [5, 5.41) is 2.85. The molecule has 0 aliphatic carbocycles. The molecule has 0 unspecified atom stereocenters. The van der Waals surface area contributed by atoms with Crippen LogP contribution in [0.5, 0.6) is 11.6 Å². The molecule has 148 valence electrons. The van der Waals surface area contributed by atoms with E-state index in [0.717, 1.165) is 25.9 Å². The molecule has 8 nitrogen and oxygen atoms in total. The lowest BCUT2D eigenvalue weighted by Crippen LogP contribution is -2.47. The summed E-state index contributed by atoms with van der Waals surface area (Å²) in [6.07, 6.45) is 6.04. The van der Waals surface area contributed by atoms with Crippen LogP contribution in [0.2, 0.25) is 0 Å². The van der Waals surface area contributed by atoms with Crippen LogP contribution in [0.15, 0.2) is 36.7 Å².